The number of amides is 1. The Morgan fingerprint density at radius 3 is 2.60 bits per heavy atom. The molecule has 1 amide bonds. The zero-order valence-electron chi connectivity index (χ0n) is 14.6. The SMILES string of the molecule is CCc1oc(C(=O)N2CCCC2Cc2ccc(C)cc2)cc1C(=O)O. The van der Waals surface area contributed by atoms with Crippen LogP contribution in [0.5, 0.6) is 0 Å². The van der Waals surface area contributed by atoms with Crippen LogP contribution in [0.15, 0.2) is 34.7 Å². The first-order chi connectivity index (χ1) is 12.0. The van der Waals surface area contributed by atoms with Crippen molar-refractivity contribution < 1.29 is 19.1 Å². The van der Waals surface area contributed by atoms with Gasteiger partial charge >= 0.3 is 5.97 Å². The molecule has 1 aliphatic rings. The van der Waals surface area contributed by atoms with Gasteiger partial charge in [-0.05, 0) is 31.7 Å². The summed E-state index contributed by atoms with van der Waals surface area (Å²) in [7, 11) is 0. The van der Waals surface area contributed by atoms with Crippen LogP contribution in [0.2, 0.25) is 0 Å². The molecular formula is C20H23NO4. The van der Waals surface area contributed by atoms with Crippen molar-refractivity contribution in [3.8, 4) is 0 Å². The molecule has 1 aromatic carbocycles. The summed E-state index contributed by atoms with van der Waals surface area (Å²) >= 11 is 0. The second-order valence-corrected chi connectivity index (χ2v) is 6.59. The lowest BCUT2D eigenvalue weighted by Gasteiger charge is -2.24. The lowest BCUT2D eigenvalue weighted by atomic mass is 10.0. The second kappa shape index (κ2) is 7.13. The average molecular weight is 341 g/mol. The third-order valence-electron chi connectivity index (χ3n) is 4.80. The van der Waals surface area contributed by atoms with E-state index in [-0.39, 0.29) is 23.3 Å². The number of rotatable bonds is 5. The fourth-order valence-corrected chi connectivity index (χ4v) is 3.43. The summed E-state index contributed by atoms with van der Waals surface area (Å²) in [5.41, 5.74) is 2.50. The highest BCUT2D eigenvalue weighted by Crippen LogP contribution is 2.25. The van der Waals surface area contributed by atoms with Crippen LogP contribution in [-0.4, -0.2) is 34.5 Å². The standard InChI is InChI=1S/C20H23NO4/c1-3-17-16(20(23)24)12-18(25-17)19(22)21-10-4-5-15(21)11-14-8-6-13(2)7-9-14/h6-9,12,15H,3-5,10-11H2,1-2H3,(H,23,24). The van der Waals surface area contributed by atoms with Crippen molar-refractivity contribution in [2.45, 2.75) is 45.6 Å². The first-order valence-electron chi connectivity index (χ1n) is 8.72. The van der Waals surface area contributed by atoms with Crippen molar-refractivity contribution in [2.24, 2.45) is 0 Å². The Hall–Kier alpha value is -2.56. The van der Waals surface area contributed by atoms with Gasteiger partial charge in [0.1, 0.15) is 11.3 Å². The van der Waals surface area contributed by atoms with Gasteiger partial charge in [0.05, 0.1) is 0 Å². The van der Waals surface area contributed by atoms with Gasteiger partial charge in [-0.1, -0.05) is 36.8 Å². The maximum atomic E-state index is 12.8. The van der Waals surface area contributed by atoms with Gasteiger partial charge < -0.3 is 14.4 Å². The van der Waals surface area contributed by atoms with Crippen molar-refractivity contribution >= 4 is 11.9 Å². The van der Waals surface area contributed by atoms with E-state index in [1.807, 2.05) is 11.8 Å². The van der Waals surface area contributed by atoms with E-state index >= 15 is 0 Å². The summed E-state index contributed by atoms with van der Waals surface area (Å²) < 4.78 is 5.54. The van der Waals surface area contributed by atoms with E-state index in [0.29, 0.717) is 18.7 Å². The fourth-order valence-electron chi connectivity index (χ4n) is 3.43. The van der Waals surface area contributed by atoms with E-state index in [0.717, 1.165) is 19.3 Å². The normalized spacial score (nSPS) is 17.0. The Bertz CT molecular complexity index is 775. The number of carboxylic acid groups (broad SMARTS) is 1. The smallest absolute Gasteiger partial charge is 0.339 e. The summed E-state index contributed by atoms with van der Waals surface area (Å²) in [6.45, 7) is 4.55. The second-order valence-electron chi connectivity index (χ2n) is 6.59. The molecule has 3 rings (SSSR count). The van der Waals surface area contributed by atoms with Gasteiger partial charge in [0.2, 0.25) is 0 Å². The Labute approximate surface area is 147 Å². The van der Waals surface area contributed by atoms with E-state index in [2.05, 4.69) is 31.2 Å². The molecule has 0 saturated carbocycles. The quantitative estimate of drug-likeness (QED) is 0.900. The summed E-state index contributed by atoms with van der Waals surface area (Å²) in [5.74, 6) is -0.788. The first kappa shape index (κ1) is 17.3. The van der Waals surface area contributed by atoms with Crippen molar-refractivity contribution in [1.82, 2.24) is 4.90 Å². The molecule has 0 aliphatic carbocycles. The Balaban J connectivity index is 1.78. The van der Waals surface area contributed by atoms with E-state index in [9.17, 15) is 14.7 Å². The maximum Gasteiger partial charge on any atom is 0.339 e. The lowest BCUT2D eigenvalue weighted by molar-refractivity contribution is 0.0687. The highest BCUT2D eigenvalue weighted by atomic mass is 16.4. The number of nitrogens with zero attached hydrogens (tertiary/aromatic N) is 1. The molecule has 1 saturated heterocycles. The summed E-state index contributed by atoms with van der Waals surface area (Å²) in [6.07, 6.45) is 3.16. The number of carbonyl (C=O) groups excluding carboxylic acids is 1. The Morgan fingerprint density at radius 2 is 2.00 bits per heavy atom. The molecule has 1 N–H and O–H groups in total. The molecule has 1 aliphatic heterocycles. The molecule has 1 atom stereocenters. The number of hydrogen-bond acceptors (Lipinski definition) is 3. The van der Waals surface area contributed by atoms with Crippen LogP contribution in [-0.2, 0) is 12.8 Å². The molecule has 0 bridgehead atoms. The van der Waals surface area contributed by atoms with Gasteiger partial charge in [-0.2, -0.15) is 0 Å². The van der Waals surface area contributed by atoms with Gasteiger partial charge in [-0.25, -0.2) is 4.79 Å². The molecule has 0 spiro atoms. The number of benzene rings is 1. The van der Waals surface area contributed by atoms with Gasteiger partial charge in [0.25, 0.3) is 5.91 Å². The number of aromatic carboxylic acids is 1. The Kier molecular flexibility index (Phi) is 4.93. The van der Waals surface area contributed by atoms with Gasteiger partial charge in [0, 0.05) is 25.1 Å². The third kappa shape index (κ3) is 3.60. The van der Waals surface area contributed by atoms with Crippen LogP contribution in [0.3, 0.4) is 0 Å². The van der Waals surface area contributed by atoms with Crippen LogP contribution >= 0.6 is 0 Å². The summed E-state index contributed by atoms with van der Waals surface area (Å²) in [6, 6.07) is 9.84. The van der Waals surface area contributed by atoms with Crippen molar-refractivity contribution in [3.63, 3.8) is 0 Å². The van der Waals surface area contributed by atoms with Gasteiger partial charge in [-0.3, -0.25) is 4.79 Å². The summed E-state index contributed by atoms with van der Waals surface area (Å²) in [4.78, 5) is 26.0. The largest absolute Gasteiger partial charge is 0.478 e. The van der Waals surface area contributed by atoms with Crippen molar-refractivity contribution in [2.75, 3.05) is 6.54 Å². The van der Waals surface area contributed by atoms with Gasteiger partial charge in [0.15, 0.2) is 5.76 Å². The average Bonchev–Trinajstić information content (AvgIpc) is 3.23. The van der Waals surface area contributed by atoms with Gasteiger partial charge in [-0.15, -0.1) is 0 Å². The molecule has 0 radical (unpaired) electrons. The van der Waals surface area contributed by atoms with E-state index in [1.165, 1.54) is 17.2 Å². The Morgan fingerprint density at radius 1 is 1.28 bits per heavy atom. The van der Waals surface area contributed by atoms with Crippen LogP contribution in [0, 0.1) is 6.92 Å². The number of carboxylic acids is 1. The number of likely N-dealkylation sites (tertiary alicyclic amines) is 1. The number of hydrogen-bond donors (Lipinski definition) is 1. The van der Waals surface area contributed by atoms with Crippen LogP contribution < -0.4 is 0 Å². The maximum absolute atomic E-state index is 12.8. The minimum absolute atomic E-state index is 0.0835. The fraction of sp³-hybridized carbons (Fsp3) is 0.400. The van der Waals surface area contributed by atoms with Crippen molar-refractivity contribution in [1.29, 1.82) is 0 Å². The molecule has 1 fully saturated rings. The zero-order valence-corrected chi connectivity index (χ0v) is 14.6. The highest BCUT2D eigenvalue weighted by molar-refractivity contribution is 5.96. The lowest BCUT2D eigenvalue weighted by Crippen LogP contribution is -2.36. The third-order valence-corrected chi connectivity index (χ3v) is 4.80. The molecule has 25 heavy (non-hydrogen) atoms. The molecule has 5 nitrogen and oxygen atoms in total. The molecule has 1 aromatic heterocycles. The minimum Gasteiger partial charge on any atom is -0.478 e. The topological polar surface area (TPSA) is 70.8 Å². The molecule has 5 heteroatoms. The van der Waals surface area contributed by atoms with Crippen molar-refractivity contribution in [3.05, 3.63) is 58.5 Å². The van der Waals surface area contributed by atoms with Crippen LogP contribution in [0.1, 0.15) is 57.6 Å². The molecular weight excluding hydrogens is 318 g/mol. The minimum atomic E-state index is -1.06. The molecule has 2 heterocycles. The predicted octanol–water partition coefficient (Wildman–Crippen LogP) is 3.70. The van der Waals surface area contributed by atoms with Crippen LogP contribution in [0.25, 0.3) is 0 Å². The zero-order chi connectivity index (χ0) is 18.0. The van der Waals surface area contributed by atoms with E-state index in [4.69, 9.17) is 4.42 Å². The summed E-state index contributed by atoms with van der Waals surface area (Å²) in [5, 5.41) is 9.24. The molecule has 2 aromatic rings. The number of carbonyl (C=O) groups is 2. The monoisotopic (exact) mass is 341 g/mol. The highest BCUT2D eigenvalue weighted by Gasteiger charge is 2.32. The van der Waals surface area contributed by atoms with E-state index in [1.54, 1.807) is 0 Å². The molecule has 1 unspecified atom stereocenters. The number of furan rings is 1. The van der Waals surface area contributed by atoms with Crippen LogP contribution in [0.4, 0.5) is 0 Å². The predicted molar refractivity (Wildman–Crippen MR) is 94.0 cm³/mol. The van der Waals surface area contributed by atoms with E-state index < -0.39 is 5.97 Å². The molecule has 132 valence electrons. The first-order valence-corrected chi connectivity index (χ1v) is 8.72. The number of aryl methyl sites for hydroxylation is 2.